The predicted octanol–water partition coefficient (Wildman–Crippen LogP) is 7.81. The van der Waals surface area contributed by atoms with Gasteiger partial charge in [-0.05, 0) is 70.9 Å². The molecule has 1 heteroatoms. The topological polar surface area (TPSA) is 0 Å². The van der Waals surface area contributed by atoms with Crippen molar-refractivity contribution in [3.63, 3.8) is 0 Å². The summed E-state index contributed by atoms with van der Waals surface area (Å²) in [5.41, 5.74) is 9.05. The van der Waals surface area contributed by atoms with Gasteiger partial charge in [0.05, 0.1) is 0 Å². The van der Waals surface area contributed by atoms with Crippen LogP contribution >= 0.6 is 11.3 Å². The molecule has 0 nitrogen and oxygen atoms in total. The van der Waals surface area contributed by atoms with Gasteiger partial charge in [0.25, 0.3) is 0 Å². The molecule has 3 unspecified atom stereocenters. The summed E-state index contributed by atoms with van der Waals surface area (Å²) in [6.45, 7) is 9.38. The van der Waals surface area contributed by atoms with E-state index in [2.05, 4.69) is 87.2 Å². The molecule has 0 spiro atoms. The standard InChI is InChI=1S/C30H30S/c1-19(21-13-15-29-25(18-21)24-9-5-7-11-28(24)31-29)16-20-12-14-23-22-8-4-6-10-26(22)30(2,3)27(23)17-20/h4-6,8-10,12-15,17,21-22,26H,1,7,11,16,18H2,2-3H3. The van der Waals surface area contributed by atoms with E-state index < -0.39 is 0 Å². The molecule has 4 aliphatic carbocycles. The number of aryl methyl sites for hydroxylation is 1. The summed E-state index contributed by atoms with van der Waals surface area (Å²) in [7, 11) is 0. The van der Waals surface area contributed by atoms with Crippen LogP contribution in [0.3, 0.4) is 0 Å². The minimum atomic E-state index is 0.181. The Bertz CT molecular complexity index is 1190. The molecule has 6 rings (SSSR count). The number of benzene rings is 1. The van der Waals surface area contributed by atoms with Crippen molar-refractivity contribution < 1.29 is 0 Å². The van der Waals surface area contributed by atoms with Gasteiger partial charge in [-0.2, -0.15) is 0 Å². The van der Waals surface area contributed by atoms with E-state index in [9.17, 15) is 0 Å². The van der Waals surface area contributed by atoms with E-state index >= 15 is 0 Å². The van der Waals surface area contributed by atoms with Gasteiger partial charge in [0.15, 0.2) is 0 Å². The van der Waals surface area contributed by atoms with E-state index in [1.807, 2.05) is 11.3 Å². The van der Waals surface area contributed by atoms with Crippen molar-refractivity contribution in [3.8, 4) is 0 Å². The van der Waals surface area contributed by atoms with Gasteiger partial charge in [-0.3, -0.25) is 0 Å². The number of allylic oxidation sites excluding steroid dienone is 7. The maximum atomic E-state index is 4.56. The second-order valence-corrected chi connectivity index (χ2v) is 11.3. The lowest BCUT2D eigenvalue weighted by molar-refractivity contribution is 0.394. The Morgan fingerprint density at radius 1 is 1.13 bits per heavy atom. The second kappa shape index (κ2) is 7.07. The normalized spacial score (nSPS) is 26.3. The lowest BCUT2D eigenvalue weighted by Gasteiger charge is -2.29. The van der Waals surface area contributed by atoms with Crippen molar-refractivity contribution >= 4 is 23.5 Å². The maximum absolute atomic E-state index is 4.56. The molecule has 0 radical (unpaired) electrons. The average Bonchev–Trinajstić information content (AvgIpc) is 3.26. The smallest absolute Gasteiger partial charge is 0.0308 e. The Morgan fingerprint density at radius 3 is 2.90 bits per heavy atom. The van der Waals surface area contributed by atoms with Crippen LogP contribution in [-0.4, -0.2) is 0 Å². The van der Waals surface area contributed by atoms with Crippen molar-refractivity contribution in [2.45, 2.75) is 50.9 Å². The maximum Gasteiger partial charge on any atom is 0.0308 e. The Hall–Kier alpha value is -2.38. The summed E-state index contributed by atoms with van der Waals surface area (Å²) < 4.78 is 0. The number of hydrogen-bond donors (Lipinski definition) is 0. The first kappa shape index (κ1) is 19.3. The summed E-state index contributed by atoms with van der Waals surface area (Å²) >= 11 is 2.00. The third-order valence-corrected chi connectivity index (χ3v) is 9.25. The third-order valence-electron chi connectivity index (χ3n) is 7.98. The zero-order valence-corrected chi connectivity index (χ0v) is 19.3. The molecule has 0 amide bonds. The highest BCUT2D eigenvalue weighted by atomic mass is 32.1. The Labute approximate surface area is 190 Å². The van der Waals surface area contributed by atoms with Crippen LogP contribution in [0, 0.1) is 11.8 Å². The fourth-order valence-electron chi connectivity index (χ4n) is 6.19. The largest absolute Gasteiger partial charge is 0.140 e. The van der Waals surface area contributed by atoms with Gasteiger partial charge in [0, 0.05) is 21.6 Å². The molecule has 3 atom stereocenters. The minimum absolute atomic E-state index is 0.181. The zero-order valence-electron chi connectivity index (χ0n) is 18.5. The second-order valence-electron chi connectivity index (χ2n) is 10.2. The number of thiophene rings is 1. The molecule has 1 aromatic heterocycles. The van der Waals surface area contributed by atoms with Gasteiger partial charge in [0.1, 0.15) is 0 Å². The van der Waals surface area contributed by atoms with Crippen molar-refractivity contribution in [1.82, 2.24) is 0 Å². The molecule has 0 fully saturated rings. The van der Waals surface area contributed by atoms with E-state index in [-0.39, 0.29) is 5.41 Å². The van der Waals surface area contributed by atoms with Gasteiger partial charge >= 0.3 is 0 Å². The minimum Gasteiger partial charge on any atom is -0.140 e. The monoisotopic (exact) mass is 422 g/mol. The Balaban J connectivity index is 1.24. The highest BCUT2D eigenvalue weighted by Gasteiger charge is 2.44. The molecule has 1 aromatic carbocycles. The molecular weight excluding hydrogens is 392 g/mol. The van der Waals surface area contributed by atoms with E-state index in [1.54, 1.807) is 10.4 Å². The molecule has 0 N–H and O–H groups in total. The quantitative estimate of drug-likeness (QED) is 0.442. The third kappa shape index (κ3) is 3.01. The summed E-state index contributed by atoms with van der Waals surface area (Å²) in [6, 6.07) is 7.22. The first-order valence-corrected chi connectivity index (χ1v) is 12.5. The Morgan fingerprint density at radius 2 is 2.00 bits per heavy atom. The van der Waals surface area contributed by atoms with Crippen LogP contribution < -0.4 is 0 Å². The van der Waals surface area contributed by atoms with Crippen LogP contribution in [-0.2, 0) is 24.7 Å². The van der Waals surface area contributed by atoms with Crippen molar-refractivity contribution in [2.75, 3.05) is 0 Å². The molecule has 1 heterocycles. The molecule has 31 heavy (non-hydrogen) atoms. The molecule has 0 saturated carbocycles. The lowest BCUT2D eigenvalue weighted by atomic mass is 9.74. The van der Waals surface area contributed by atoms with Crippen LogP contribution in [0.15, 0.2) is 66.8 Å². The molecule has 2 aromatic rings. The van der Waals surface area contributed by atoms with Gasteiger partial charge in [-0.1, -0.05) is 86.7 Å². The van der Waals surface area contributed by atoms with Crippen molar-refractivity contribution in [3.05, 3.63) is 104 Å². The first-order chi connectivity index (χ1) is 15.0. The average molecular weight is 423 g/mol. The molecule has 0 aliphatic heterocycles. The summed E-state index contributed by atoms with van der Waals surface area (Å²) in [5.74, 6) is 1.55. The highest BCUT2D eigenvalue weighted by molar-refractivity contribution is 7.13. The Kier molecular flexibility index (Phi) is 4.40. The van der Waals surface area contributed by atoms with Crippen LogP contribution in [0.4, 0.5) is 0 Å². The van der Waals surface area contributed by atoms with Crippen molar-refractivity contribution in [1.29, 1.82) is 0 Å². The van der Waals surface area contributed by atoms with E-state index in [0.717, 1.165) is 12.8 Å². The number of hydrogen-bond acceptors (Lipinski definition) is 1. The first-order valence-electron chi connectivity index (χ1n) is 11.7. The summed E-state index contributed by atoms with van der Waals surface area (Å²) in [5, 5.41) is 0. The molecule has 156 valence electrons. The van der Waals surface area contributed by atoms with Crippen LogP contribution in [0.5, 0.6) is 0 Å². The number of fused-ring (bicyclic) bond motifs is 6. The van der Waals surface area contributed by atoms with Crippen LogP contribution in [0.1, 0.15) is 63.8 Å². The zero-order chi connectivity index (χ0) is 21.2. The fourth-order valence-corrected chi connectivity index (χ4v) is 7.44. The molecule has 0 saturated heterocycles. The van der Waals surface area contributed by atoms with E-state index in [0.29, 0.717) is 17.8 Å². The van der Waals surface area contributed by atoms with Gasteiger partial charge in [0.2, 0.25) is 0 Å². The highest BCUT2D eigenvalue weighted by Crippen LogP contribution is 2.53. The van der Waals surface area contributed by atoms with Gasteiger partial charge < -0.3 is 0 Å². The van der Waals surface area contributed by atoms with Crippen molar-refractivity contribution in [2.24, 2.45) is 11.8 Å². The molecule has 0 bridgehead atoms. The van der Waals surface area contributed by atoms with Gasteiger partial charge in [-0.15, -0.1) is 11.3 Å². The van der Waals surface area contributed by atoms with E-state index in [4.69, 9.17) is 0 Å². The van der Waals surface area contributed by atoms with Crippen LogP contribution in [0.2, 0.25) is 0 Å². The lowest BCUT2D eigenvalue weighted by Crippen LogP contribution is -2.24. The predicted molar refractivity (Wildman–Crippen MR) is 135 cm³/mol. The fraction of sp³-hybridized carbons (Fsp3) is 0.333. The van der Waals surface area contributed by atoms with Crippen LogP contribution in [0.25, 0.3) is 12.2 Å². The van der Waals surface area contributed by atoms with Gasteiger partial charge in [-0.25, -0.2) is 0 Å². The SMILES string of the molecule is C=C(Cc1ccc2c(c1)C(C)(C)C1C=CC=CC21)C1C=Cc2sc3c(c2C1)C=CCC3. The summed E-state index contributed by atoms with van der Waals surface area (Å²) in [6.07, 6.45) is 23.2. The summed E-state index contributed by atoms with van der Waals surface area (Å²) in [4.78, 5) is 3.05. The molecule has 4 aliphatic rings. The van der Waals surface area contributed by atoms with E-state index in [1.165, 1.54) is 45.5 Å². The molecular formula is C30H30S. The number of rotatable bonds is 3.